The molecule has 0 atom stereocenters. The number of benzene rings is 2. The van der Waals surface area contributed by atoms with Gasteiger partial charge >= 0.3 is 6.09 Å². The van der Waals surface area contributed by atoms with Crippen LogP contribution in [0, 0.1) is 0 Å². The number of carbonyl (C=O) groups is 2. The summed E-state index contributed by atoms with van der Waals surface area (Å²) in [5.41, 5.74) is 2.53. The lowest BCUT2D eigenvalue weighted by Crippen LogP contribution is -2.28. The van der Waals surface area contributed by atoms with Gasteiger partial charge in [0.1, 0.15) is 0 Å². The van der Waals surface area contributed by atoms with Gasteiger partial charge in [0, 0.05) is 5.57 Å². The molecule has 1 saturated heterocycles. The van der Waals surface area contributed by atoms with Crippen LogP contribution in [-0.2, 0) is 16.1 Å². The molecule has 4 nitrogen and oxygen atoms in total. The molecule has 4 heteroatoms. The number of imide groups is 1. The minimum absolute atomic E-state index is 0.139. The van der Waals surface area contributed by atoms with E-state index in [1.54, 1.807) is 0 Å². The van der Waals surface area contributed by atoms with Crippen molar-refractivity contribution in [3.63, 3.8) is 0 Å². The number of ether oxygens (including phenoxy) is 1. The highest BCUT2D eigenvalue weighted by Crippen LogP contribution is 2.29. The summed E-state index contributed by atoms with van der Waals surface area (Å²) in [6.45, 7) is 2.16. The van der Waals surface area contributed by atoms with Crippen LogP contribution in [0.4, 0.5) is 4.79 Å². The third-order valence-electron chi connectivity index (χ3n) is 3.78. The summed E-state index contributed by atoms with van der Waals surface area (Å²) >= 11 is 0. The second-order valence-corrected chi connectivity index (χ2v) is 5.27. The van der Waals surface area contributed by atoms with Gasteiger partial charge < -0.3 is 4.74 Å². The third kappa shape index (κ3) is 3.01. The number of cyclic esters (lactones) is 1. The number of hydrogen-bond acceptors (Lipinski definition) is 3. The van der Waals surface area contributed by atoms with Crippen molar-refractivity contribution in [1.82, 2.24) is 4.90 Å². The molecule has 23 heavy (non-hydrogen) atoms. The number of hydrogen-bond donors (Lipinski definition) is 0. The summed E-state index contributed by atoms with van der Waals surface area (Å²) in [6, 6.07) is 18.9. The van der Waals surface area contributed by atoms with Gasteiger partial charge in [-0.2, -0.15) is 0 Å². The van der Waals surface area contributed by atoms with E-state index in [0.717, 1.165) is 21.6 Å². The Balaban J connectivity index is 1.92. The van der Waals surface area contributed by atoms with E-state index < -0.39 is 6.09 Å². The number of amides is 2. The molecule has 1 aliphatic heterocycles. The fraction of sp³-hybridized carbons (Fsp3) is 0.158. The molecule has 0 aliphatic carbocycles. The molecule has 116 valence electrons. The average molecular weight is 307 g/mol. The molecule has 0 unspecified atom stereocenters. The molecule has 3 rings (SSSR count). The number of carbonyl (C=O) groups excluding carboxylic acids is 2. The lowest BCUT2D eigenvalue weighted by Gasteiger charge is -2.10. The maximum atomic E-state index is 12.6. The van der Waals surface area contributed by atoms with Crippen LogP contribution in [0.2, 0.25) is 0 Å². The topological polar surface area (TPSA) is 46.6 Å². The number of rotatable bonds is 4. The van der Waals surface area contributed by atoms with Crippen LogP contribution < -0.4 is 0 Å². The summed E-state index contributed by atoms with van der Waals surface area (Å²) in [7, 11) is 0. The fourth-order valence-corrected chi connectivity index (χ4v) is 2.62. The van der Waals surface area contributed by atoms with Gasteiger partial charge in [-0.25, -0.2) is 9.69 Å². The molecule has 1 aliphatic rings. The van der Waals surface area contributed by atoms with Crippen LogP contribution in [0.5, 0.6) is 0 Å². The Kier molecular flexibility index (Phi) is 4.24. The zero-order chi connectivity index (χ0) is 16.2. The van der Waals surface area contributed by atoms with Crippen molar-refractivity contribution >= 4 is 17.6 Å². The van der Waals surface area contributed by atoms with E-state index in [2.05, 4.69) is 0 Å². The van der Waals surface area contributed by atoms with E-state index in [9.17, 15) is 9.59 Å². The largest absolute Gasteiger partial charge is 0.422 e. The van der Waals surface area contributed by atoms with Crippen LogP contribution in [0.1, 0.15) is 24.5 Å². The van der Waals surface area contributed by atoms with Gasteiger partial charge in [-0.3, -0.25) is 4.79 Å². The van der Waals surface area contributed by atoms with Gasteiger partial charge in [-0.1, -0.05) is 67.6 Å². The minimum Gasteiger partial charge on any atom is -0.404 e. The highest BCUT2D eigenvalue weighted by molar-refractivity contribution is 6.11. The van der Waals surface area contributed by atoms with Gasteiger partial charge in [-0.05, 0) is 17.5 Å². The van der Waals surface area contributed by atoms with Crippen molar-refractivity contribution in [1.29, 1.82) is 0 Å². The highest BCUT2D eigenvalue weighted by atomic mass is 16.6. The minimum atomic E-state index is -0.615. The maximum absolute atomic E-state index is 12.6. The Hall–Kier alpha value is -2.88. The van der Waals surface area contributed by atoms with E-state index in [-0.39, 0.29) is 18.2 Å². The molecule has 0 radical (unpaired) electrons. The van der Waals surface area contributed by atoms with Gasteiger partial charge in [0.15, 0.2) is 0 Å². The molecular weight excluding hydrogens is 290 g/mol. The van der Waals surface area contributed by atoms with Crippen molar-refractivity contribution in [2.24, 2.45) is 0 Å². The smallest absolute Gasteiger partial charge is 0.404 e. The first kappa shape index (κ1) is 15.0. The first-order chi connectivity index (χ1) is 11.2. The first-order valence-corrected chi connectivity index (χ1v) is 7.57. The Morgan fingerprint density at radius 2 is 1.57 bits per heavy atom. The summed E-state index contributed by atoms with van der Waals surface area (Å²) in [4.78, 5) is 25.9. The fourth-order valence-electron chi connectivity index (χ4n) is 2.62. The normalized spacial score (nSPS) is 16.5. The Labute approximate surface area is 135 Å². The molecule has 1 heterocycles. The highest BCUT2D eigenvalue weighted by Gasteiger charge is 2.38. The molecular formula is C19H17NO3. The van der Waals surface area contributed by atoms with Crippen LogP contribution in [0.3, 0.4) is 0 Å². The summed E-state index contributed by atoms with van der Waals surface area (Å²) < 4.78 is 5.28. The number of nitrogens with zero attached hydrogens (tertiary/aromatic N) is 1. The Bertz CT molecular complexity index is 751. The predicted octanol–water partition coefficient (Wildman–Crippen LogP) is 3.99. The van der Waals surface area contributed by atoms with Crippen molar-refractivity contribution in [3.05, 3.63) is 77.5 Å². The molecule has 2 aromatic rings. The van der Waals surface area contributed by atoms with E-state index in [1.165, 1.54) is 0 Å². The van der Waals surface area contributed by atoms with Gasteiger partial charge in [-0.15, -0.1) is 0 Å². The molecule has 0 aromatic heterocycles. The molecule has 1 fully saturated rings. The second kappa shape index (κ2) is 6.48. The summed E-state index contributed by atoms with van der Waals surface area (Å²) in [5, 5.41) is 0. The molecule has 0 N–H and O–H groups in total. The number of allylic oxidation sites excluding steroid dienone is 1. The van der Waals surface area contributed by atoms with E-state index in [1.807, 2.05) is 67.6 Å². The van der Waals surface area contributed by atoms with Crippen LogP contribution in [0.25, 0.3) is 5.57 Å². The predicted molar refractivity (Wildman–Crippen MR) is 87.1 cm³/mol. The molecule has 0 saturated carbocycles. The zero-order valence-electron chi connectivity index (χ0n) is 12.9. The summed E-state index contributed by atoms with van der Waals surface area (Å²) in [5.74, 6) is -0.237. The van der Waals surface area contributed by atoms with E-state index in [4.69, 9.17) is 4.74 Å². The van der Waals surface area contributed by atoms with E-state index in [0.29, 0.717) is 6.42 Å². The lowest BCUT2D eigenvalue weighted by atomic mass is 10.0. The molecule has 0 bridgehead atoms. The van der Waals surface area contributed by atoms with Gasteiger partial charge in [0.25, 0.3) is 5.91 Å². The average Bonchev–Trinajstić information content (AvgIpc) is 2.86. The molecule has 0 spiro atoms. The van der Waals surface area contributed by atoms with Crippen LogP contribution in [0.15, 0.2) is 66.4 Å². The monoisotopic (exact) mass is 307 g/mol. The maximum Gasteiger partial charge on any atom is 0.422 e. The van der Waals surface area contributed by atoms with E-state index >= 15 is 0 Å². The van der Waals surface area contributed by atoms with Crippen molar-refractivity contribution in [2.75, 3.05) is 0 Å². The van der Waals surface area contributed by atoms with Crippen molar-refractivity contribution < 1.29 is 14.3 Å². The second-order valence-electron chi connectivity index (χ2n) is 5.27. The van der Waals surface area contributed by atoms with Gasteiger partial charge in [0.05, 0.1) is 6.54 Å². The first-order valence-electron chi connectivity index (χ1n) is 7.57. The van der Waals surface area contributed by atoms with Gasteiger partial charge in [0.2, 0.25) is 5.76 Å². The SMILES string of the molecule is CCC(=C1OC(=O)N(Cc2ccccc2)C1=O)c1ccccc1. The lowest BCUT2D eigenvalue weighted by molar-refractivity contribution is -0.123. The van der Waals surface area contributed by atoms with Crippen LogP contribution in [-0.4, -0.2) is 16.9 Å². The quantitative estimate of drug-likeness (QED) is 0.802. The molecule has 2 amide bonds. The van der Waals surface area contributed by atoms with Crippen molar-refractivity contribution in [2.45, 2.75) is 19.9 Å². The summed E-state index contributed by atoms with van der Waals surface area (Å²) in [6.07, 6.45) is -0.00639. The molecule has 2 aromatic carbocycles. The zero-order valence-corrected chi connectivity index (χ0v) is 12.9. The van der Waals surface area contributed by atoms with Crippen molar-refractivity contribution in [3.8, 4) is 0 Å². The third-order valence-corrected chi connectivity index (χ3v) is 3.78. The Morgan fingerprint density at radius 1 is 0.957 bits per heavy atom. The Morgan fingerprint density at radius 3 is 2.17 bits per heavy atom. The standard InChI is InChI=1S/C19H17NO3/c1-2-16(15-11-7-4-8-12-15)17-18(21)20(19(22)23-17)13-14-9-5-3-6-10-14/h3-12H,2,13H2,1H3. The van der Waals surface area contributed by atoms with Crippen LogP contribution >= 0.6 is 0 Å².